The van der Waals surface area contributed by atoms with Gasteiger partial charge in [0.25, 0.3) is 0 Å². The third-order valence-corrected chi connectivity index (χ3v) is 3.37. The third-order valence-electron chi connectivity index (χ3n) is 3.37. The van der Waals surface area contributed by atoms with Crippen LogP contribution in [0, 0.1) is 17.1 Å². The number of methoxy groups -OCH3 is 1. The van der Waals surface area contributed by atoms with Crippen LogP contribution in [0.5, 0.6) is 5.88 Å². The average Bonchev–Trinajstić information content (AvgIpc) is 2.62. The highest BCUT2D eigenvalue weighted by Crippen LogP contribution is 2.32. The van der Waals surface area contributed by atoms with E-state index in [1.54, 1.807) is 24.4 Å². The molecule has 4 nitrogen and oxygen atoms in total. The molecular weight excluding hydrogens is 293 g/mol. The second kappa shape index (κ2) is 6.24. The molecule has 0 radical (unpaired) electrons. The molecule has 0 aliphatic heterocycles. The first-order chi connectivity index (χ1) is 11.2. The van der Waals surface area contributed by atoms with Crippen LogP contribution in [0.1, 0.15) is 5.56 Å². The minimum Gasteiger partial charge on any atom is -0.480 e. The van der Waals surface area contributed by atoms with Gasteiger partial charge in [-0.15, -0.1) is 0 Å². The molecule has 2 heterocycles. The maximum atomic E-state index is 13.2. The molecule has 5 heteroatoms. The lowest BCUT2D eigenvalue weighted by atomic mass is 10.00. The number of hydrogen-bond acceptors (Lipinski definition) is 4. The minimum absolute atomic E-state index is 0.218. The normalized spacial score (nSPS) is 10.1. The Morgan fingerprint density at radius 2 is 1.87 bits per heavy atom. The molecule has 0 unspecified atom stereocenters. The van der Waals surface area contributed by atoms with Crippen molar-refractivity contribution in [1.82, 2.24) is 9.97 Å². The monoisotopic (exact) mass is 305 g/mol. The van der Waals surface area contributed by atoms with Gasteiger partial charge in [-0.1, -0.05) is 18.2 Å². The SMILES string of the molecule is COc1nc(-c2ccccn2)cc(-c2ccc(F)cc2)c1C#N. The highest BCUT2D eigenvalue weighted by atomic mass is 19.1. The maximum absolute atomic E-state index is 13.2. The van der Waals surface area contributed by atoms with Crippen molar-refractivity contribution in [3.63, 3.8) is 0 Å². The molecule has 112 valence electrons. The predicted molar refractivity (Wildman–Crippen MR) is 84.1 cm³/mol. The molecule has 0 saturated carbocycles. The van der Waals surface area contributed by atoms with Crippen molar-refractivity contribution >= 4 is 0 Å². The zero-order chi connectivity index (χ0) is 16.2. The van der Waals surface area contributed by atoms with E-state index in [0.29, 0.717) is 28.1 Å². The highest BCUT2D eigenvalue weighted by Gasteiger charge is 2.16. The van der Waals surface area contributed by atoms with Crippen molar-refractivity contribution in [1.29, 1.82) is 5.26 Å². The van der Waals surface area contributed by atoms with Crippen molar-refractivity contribution in [2.45, 2.75) is 0 Å². The number of rotatable bonds is 3. The molecule has 0 atom stereocenters. The molecule has 2 aromatic heterocycles. The van der Waals surface area contributed by atoms with Gasteiger partial charge in [0, 0.05) is 11.8 Å². The average molecular weight is 305 g/mol. The smallest absolute Gasteiger partial charge is 0.232 e. The number of halogens is 1. The van der Waals surface area contributed by atoms with Gasteiger partial charge in [-0.25, -0.2) is 9.37 Å². The molecule has 0 spiro atoms. The molecule has 0 aliphatic carbocycles. The van der Waals surface area contributed by atoms with Gasteiger partial charge in [-0.05, 0) is 35.9 Å². The zero-order valence-electron chi connectivity index (χ0n) is 12.3. The highest BCUT2D eigenvalue weighted by molar-refractivity contribution is 5.77. The van der Waals surface area contributed by atoms with E-state index in [4.69, 9.17) is 4.74 Å². The van der Waals surface area contributed by atoms with Gasteiger partial charge < -0.3 is 4.74 Å². The fourth-order valence-corrected chi connectivity index (χ4v) is 2.28. The summed E-state index contributed by atoms with van der Waals surface area (Å²) in [5.41, 5.74) is 2.89. The molecule has 0 amide bonds. The number of nitriles is 1. The van der Waals surface area contributed by atoms with E-state index >= 15 is 0 Å². The molecule has 0 aliphatic rings. The summed E-state index contributed by atoms with van der Waals surface area (Å²) >= 11 is 0. The Bertz CT molecular complexity index is 871. The first-order valence-electron chi connectivity index (χ1n) is 6.89. The Balaban J connectivity index is 2.25. The van der Waals surface area contributed by atoms with E-state index in [9.17, 15) is 9.65 Å². The maximum Gasteiger partial charge on any atom is 0.232 e. The summed E-state index contributed by atoms with van der Waals surface area (Å²) in [5, 5.41) is 9.45. The van der Waals surface area contributed by atoms with Crippen molar-refractivity contribution in [2.24, 2.45) is 0 Å². The molecule has 0 saturated heterocycles. The van der Waals surface area contributed by atoms with E-state index in [1.807, 2.05) is 18.2 Å². The van der Waals surface area contributed by atoms with E-state index in [1.165, 1.54) is 19.2 Å². The number of pyridine rings is 2. The lowest BCUT2D eigenvalue weighted by Gasteiger charge is -2.11. The molecule has 0 N–H and O–H groups in total. The van der Waals surface area contributed by atoms with Crippen LogP contribution in [-0.2, 0) is 0 Å². The summed E-state index contributed by atoms with van der Waals surface area (Å²) in [6.45, 7) is 0. The van der Waals surface area contributed by atoms with Crippen molar-refractivity contribution in [3.8, 4) is 34.5 Å². The second-order valence-corrected chi connectivity index (χ2v) is 4.77. The largest absolute Gasteiger partial charge is 0.480 e. The summed E-state index contributed by atoms with van der Waals surface area (Å²) < 4.78 is 18.4. The first-order valence-corrected chi connectivity index (χ1v) is 6.89. The molecule has 3 rings (SSSR count). The Hall–Kier alpha value is -3.26. The van der Waals surface area contributed by atoms with Crippen molar-refractivity contribution in [3.05, 3.63) is 66.1 Å². The summed E-state index contributed by atoms with van der Waals surface area (Å²) in [4.78, 5) is 8.62. The van der Waals surface area contributed by atoms with Crippen LogP contribution in [-0.4, -0.2) is 17.1 Å². The Morgan fingerprint density at radius 3 is 2.48 bits per heavy atom. The molecule has 3 aromatic rings. The number of nitrogens with zero attached hydrogens (tertiary/aromatic N) is 3. The number of benzene rings is 1. The van der Waals surface area contributed by atoms with Crippen LogP contribution in [0.4, 0.5) is 4.39 Å². The van der Waals surface area contributed by atoms with E-state index < -0.39 is 0 Å². The second-order valence-electron chi connectivity index (χ2n) is 4.77. The fourth-order valence-electron chi connectivity index (χ4n) is 2.28. The van der Waals surface area contributed by atoms with Crippen LogP contribution in [0.15, 0.2) is 54.7 Å². The lowest BCUT2D eigenvalue weighted by molar-refractivity contribution is 0.397. The Morgan fingerprint density at radius 1 is 1.09 bits per heavy atom. The summed E-state index contributed by atoms with van der Waals surface area (Å²) in [5.74, 6) is -0.117. The Kier molecular flexibility index (Phi) is 3.98. The number of ether oxygens (including phenoxy) is 1. The first kappa shape index (κ1) is 14.7. The van der Waals surface area contributed by atoms with Crippen LogP contribution >= 0.6 is 0 Å². The lowest BCUT2D eigenvalue weighted by Crippen LogP contribution is -1.98. The van der Waals surface area contributed by atoms with Gasteiger partial charge in [0.2, 0.25) is 5.88 Å². The van der Waals surface area contributed by atoms with Gasteiger partial charge in [0.15, 0.2) is 0 Å². The minimum atomic E-state index is -0.335. The quantitative estimate of drug-likeness (QED) is 0.738. The summed E-state index contributed by atoms with van der Waals surface area (Å²) in [6, 6.07) is 15.3. The van der Waals surface area contributed by atoms with Gasteiger partial charge in [0.1, 0.15) is 17.4 Å². The molecule has 1 aromatic carbocycles. The fraction of sp³-hybridized carbons (Fsp3) is 0.0556. The van der Waals surface area contributed by atoms with Crippen LogP contribution in [0.25, 0.3) is 22.5 Å². The summed E-state index contributed by atoms with van der Waals surface area (Å²) in [7, 11) is 1.46. The van der Waals surface area contributed by atoms with Crippen molar-refractivity contribution in [2.75, 3.05) is 7.11 Å². The van der Waals surface area contributed by atoms with E-state index in [2.05, 4.69) is 16.0 Å². The van der Waals surface area contributed by atoms with Gasteiger partial charge in [-0.2, -0.15) is 5.26 Å². The molecular formula is C18H12FN3O. The molecule has 23 heavy (non-hydrogen) atoms. The van der Waals surface area contributed by atoms with Crippen LogP contribution in [0.3, 0.4) is 0 Å². The Labute approximate surface area is 132 Å². The topological polar surface area (TPSA) is 58.8 Å². The molecule has 0 bridgehead atoms. The molecule has 0 fully saturated rings. The van der Waals surface area contributed by atoms with Gasteiger partial charge in [-0.3, -0.25) is 4.98 Å². The van der Waals surface area contributed by atoms with Crippen molar-refractivity contribution < 1.29 is 9.13 Å². The van der Waals surface area contributed by atoms with Crippen LogP contribution < -0.4 is 4.74 Å². The zero-order valence-corrected chi connectivity index (χ0v) is 12.3. The number of hydrogen-bond donors (Lipinski definition) is 0. The summed E-state index contributed by atoms with van der Waals surface area (Å²) in [6.07, 6.45) is 1.67. The number of aromatic nitrogens is 2. The third kappa shape index (κ3) is 2.87. The van der Waals surface area contributed by atoms with E-state index in [0.717, 1.165) is 0 Å². The van der Waals surface area contributed by atoms with Crippen LogP contribution in [0.2, 0.25) is 0 Å². The standard InChI is InChI=1S/C18H12FN3O/c1-23-18-15(11-20)14(12-5-7-13(19)8-6-12)10-17(22-18)16-4-2-3-9-21-16/h2-10H,1H3. The van der Waals surface area contributed by atoms with E-state index in [-0.39, 0.29) is 11.7 Å². The van der Waals surface area contributed by atoms with Gasteiger partial charge in [0.05, 0.1) is 18.5 Å². The van der Waals surface area contributed by atoms with Gasteiger partial charge >= 0.3 is 0 Å². The predicted octanol–water partition coefficient (Wildman–Crippen LogP) is 3.83.